The third-order valence-electron chi connectivity index (χ3n) is 1.97. The van der Waals surface area contributed by atoms with Crippen molar-refractivity contribution in [3.63, 3.8) is 0 Å². The lowest BCUT2D eigenvalue weighted by Gasteiger charge is -2.08. The van der Waals surface area contributed by atoms with Crippen molar-refractivity contribution in [1.82, 2.24) is 10.3 Å². The number of hydrogen-bond donors (Lipinski definition) is 1. The number of thiazole rings is 1. The molecule has 0 aromatic carbocycles. The van der Waals surface area contributed by atoms with Gasteiger partial charge in [-0.2, -0.15) is 0 Å². The quantitative estimate of drug-likeness (QED) is 0.803. The van der Waals surface area contributed by atoms with E-state index in [2.05, 4.69) is 24.1 Å². The van der Waals surface area contributed by atoms with Crippen LogP contribution in [0.4, 0.5) is 0 Å². The minimum absolute atomic E-state index is 0.0680. The highest BCUT2D eigenvalue weighted by atomic mass is 32.1. The average molecular weight is 198 g/mol. The third kappa shape index (κ3) is 3.14. The Morgan fingerprint density at radius 1 is 1.77 bits per heavy atom. The van der Waals surface area contributed by atoms with Gasteiger partial charge in [0.25, 0.3) is 5.91 Å². The Morgan fingerprint density at radius 3 is 3.08 bits per heavy atom. The lowest BCUT2D eigenvalue weighted by Crippen LogP contribution is -2.28. The molecule has 4 heteroatoms. The summed E-state index contributed by atoms with van der Waals surface area (Å²) in [5, 5.41) is 4.60. The maximum absolute atomic E-state index is 11.4. The molecule has 0 bridgehead atoms. The zero-order valence-electron chi connectivity index (χ0n) is 7.91. The molecule has 1 aromatic heterocycles. The average Bonchev–Trinajstić information content (AvgIpc) is 2.66. The number of hydrogen-bond acceptors (Lipinski definition) is 3. The molecule has 1 N–H and O–H groups in total. The summed E-state index contributed by atoms with van der Waals surface area (Å²) in [5.74, 6) is 0.462. The number of carbonyl (C=O) groups is 1. The molecule has 1 rings (SSSR count). The van der Waals surface area contributed by atoms with Crippen LogP contribution in [0.25, 0.3) is 0 Å². The molecule has 1 atom stereocenters. The first kappa shape index (κ1) is 10.2. The van der Waals surface area contributed by atoms with E-state index in [1.54, 1.807) is 10.9 Å². The summed E-state index contributed by atoms with van der Waals surface area (Å²) in [5.41, 5.74) is 2.19. The SMILES string of the molecule is CCC(C)CNC(=O)c1cscn1. The zero-order chi connectivity index (χ0) is 9.68. The van der Waals surface area contributed by atoms with Gasteiger partial charge in [0.15, 0.2) is 0 Å². The molecule has 0 aliphatic heterocycles. The number of amides is 1. The topological polar surface area (TPSA) is 42.0 Å². The van der Waals surface area contributed by atoms with Gasteiger partial charge in [-0.3, -0.25) is 4.79 Å². The number of nitrogens with zero attached hydrogens (tertiary/aromatic N) is 1. The minimum Gasteiger partial charge on any atom is -0.350 e. The fourth-order valence-electron chi connectivity index (χ4n) is 0.826. The molecule has 13 heavy (non-hydrogen) atoms. The normalized spacial score (nSPS) is 12.5. The smallest absolute Gasteiger partial charge is 0.270 e. The predicted octanol–water partition coefficient (Wildman–Crippen LogP) is 1.92. The van der Waals surface area contributed by atoms with Gasteiger partial charge in [0.1, 0.15) is 5.69 Å². The van der Waals surface area contributed by atoms with Crippen LogP contribution in [0.3, 0.4) is 0 Å². The van der Waals surface area contributed by atoms with Crippen molar-refractivity contribution in [3.8, 4) is 0 Å². The molecular formula is C9H14N2OS. The minimum atomic E-state index is -0.0680. The standard InChI is InChI=1S/C9H14N2OS/c1-3-7(2)4-10-9(12)8-5-13-6-11-8/h5-7H,3-4H2,1-2H3,(H,10,12). The van der Waals surface area contributed by atoms with Crippen molar-refractivity contribution in [2.75, 3.05) is 6.54 Å². The summed E-state index contributed by atoms with van der Waals surface area (Å²) in [6, 6.07) is 0. The summed E-state index contributed by atoms with van der Waals surface area (Å²) < 4.78 is 0. The lowest BCUT2D eigenvalue weighted by molar-refractivity contribution is 0.0943. The zero-order valence-corrected chi connectivity index (χ0v) is 8.73. The molecule has 1 amide bonds. The van der Waals surface area contributed by atoms with Gasteiger partial charge in [0.2, 0.25) is 0 Å². The molecule has 0 radical (unpaired) electrons. The summed E-state index contributed by atoms with van der Waals surface area (Å²) >= 11 is 1.44. The Balaban J connectivity index is 2.35. The van der Waals surface area contributed by atoms with Crippen LogP contribution in [0.1, 0.15) is 30.8 Å². The van der Waals surface area contributed by atoms with E-state index in [0.29, 0.717) is 11.6 Å². The Kier molecular flexibility index (Phi) is 3.89. The maximum Gasteiger partial charge on any atom is 0.270 e. The highest BCUT2D eigenvalue weighted by Crippen LogP contribution is 2.02. The first-order valence-corrected chi connectivity index (χ1v) is 5.34. The van der Waals surface area contributed by atoms with Crippen molar-refractivity contribution in [2.24, 2.45) is 5.92 Å². The molecular weight excluding hydrogens is 184 g/mol. The second kappa shape index (κ2) is 4.97. The van der Waals surface area contributed by atoms with Crippen LogP contribution in [-0.4, -0.2) is 17.4 Å². The van der Waals surface area contributed by atoms with Crippen LogP contribution in [-0.2, 0) is 0 Å². The van der Waals surface area contributed by atoms with Gasteiger partial charge in [-0.05, 0) is 5.92 Å². The Morgan fingerprint density at radius 2 is 2.54 bits per heavy atom. The van der Waals surface area contributed by atoms with Crippen molar-refractivity contribution in [3.05, 3.63) is 16.6 Å². The third-order valence-corrected chi connectivity index (χ3v) is 2.56. The molecule has 0 aliphatic carbocycles. The molecule has 0 spiro atoms. The molecule has 0 fully saturated rings. The van der Waals surface area contributed by atoms with Crippen LogP contribution < -0.4 is 5.32 Å². The lowest BCUT2D eigenvalue weighted by atomic mass is 10.1. The van der Waals surface area contributed by atoms with Gasteiger partial charge in [-0.25, -0.2) is 4.98 Å². The monoisotopic (exact) mass is 198 g/mol. The number of aromatic nitrogens is 1. The Hall–Kier alpha value is -0.900. The van der Waals surface area contributed by atoms with E-state index in [9.17, 15) is 4.79 Å². The van der Waals surface area contributed by atoms with Crippen molar-refractivity contribution >= 4 is 17.2 Å². The van der Waals surface area contributed by atoms with E-state index < -0.39 is 0 Å². The molecule has 3 nitrogen and oxygen atoms in total. The molecule has 1 aromatic rings. The summed E-state index contributed by atoms with van der Waals surface area (Å²) in [6.45, 7) is 4.95. The molecule has 0 saturated heterocycles. The van der Waals surface area contributed by atoms with E-state index in [1.807, 2.05) is 0 Å². The number of carbonyl (C=O) groups excluding carboxylic acids is 1. The Labute approximate surface area is 82.2 Å². The first-order valence-electron chi connectivity index (χ1n) is 4.40. The van der Waals surface area contributed by atoms with Crippen molar-refractivity contribution < 1.29 is 4.79 Å². The van der Waals surface area contributed by atoms with Crippen molar-refractivity contribution in [1.29, 1.82) is 0 Å². The van der Waals surface area contributed by atoms with Gasteiger partial charge in [-0.15, -0.1) is 11.3 Å². The van der Waals surface area contributed by atoms with Gasteiger partial charge < -0.3 is 5.32 Å². The second-order valence-electron chi connectivity index (χ2n) is 3.10. The van der Waals surface area contributed by atoms with E-state index in [0.717, 1.165) is 13.0 Å². The van der Waals surface area contributed by atoms with Crippen LogP contribution in [0.5, 0.6) is 0 Å². The van der Waals surface area contributed by atoms with Gasteiger partial charge >= 0.3 is 0 Å². The molecule has 72 valence electrons. The van der Waals surface area contributed by atoms with Crippen LogP contribution >= 0.6 is 11.3 Å². The first-order chi connectivity index (χ1) is 6.24. The highest BCUT2D eigenvalue weighted by Gasteiger charge is 2.07. The maximum atomic E-state index is 11.4. The fourth-order valence-corrected chi connectivity index (χ4v) is 1.36. The second-order valence-corrected chi connectivity index (χ2v) is 3.82. The number of rotatable bonds is 4. The van der Waals surface area contributed by atoms with Crippen LogP contribution in [0, 0.1) is 5.92 Å². The van der Waals surface area contributed by atoms with Gasteiger partial charge in [0.05, 0.1) is 5.51 Å². The van der Waals surface area contributed by atoms with E-state index in [4.69, 9.17) is 0 Å². The molecule has 0 aliphatic rings. The summed E-state index contributed by atoms with van der Waals surface area (Å²) in [4.78, 5) is 15.3. The van der Waals surface area contributed by atoms with Crippen molar-refractivity contribution in [2.45, 2.75) is 20.3 Å². The number of nitrogens with one attached hydrogen (secondary N) is 1. The molecule has 1 unspecified atom stereocenters. The summed E-state index contributed by atoms with van der Waals surface area (Å²) in [7, 11) is 0. The van der Waals surface area contributed by atoms with E-state index >= 15 is 0 Å². The van der Waals surface area contributed by atoms with E-state index in [1.165, 1.54) is 11.3 Å². The summed E-state index contributed by atoms with van der Waals surface area (Å²) in [6.07, 6.45) is 1.08. The molecule has 1 heterocycles. The highest BCUT2D eigenvalue weighted by molar-refractivity contribution is 7.07. The largest absolute Gasteiger partial charge is 0.350 e. The fraction of sp³-hybridized carbons (Fsp3) is 0.556. The van der Waals surface area contributed by atoms with Crippen LogP contribution in [0.15, 0.2) is 10.9 Å². The predicted molar refractivity (Wildman–Crippen MR) is 53.9 cm³/mol. The van der Waals surface area contributed by atoms with Gasteiger partial charge in [0, 0.05) is 11.9 Å². The Bertz CT molecular complexity index is 259. The van der Waals surface area contributed by atoms with Crippen LogP contribution in [0.2, 0.25) is 0 Å². The molecule has 0 saturated carbocycles. The van der Waals surface area contributed by atoms with Gasteiger partial charge in [-0.1, -0.05) is 20.3 Å². The van der Waals surface area contributed by atoms with E-state index in [-0.39, 0.29) is 5.91 Å².